The molecule has 0 spiro atoms. The van der Waals surface area contributed by atoms with Crippen molar-refractivity contribution in [2.24, 2.45) is 7.05 Å². The number of hydrogen-bond donors (Lipinski definition) is 1. The minimum Gasteiger partial charge on any atom is -0.466 e. The molecule has 0 bridgehead atoms. The van der Waals surface area contributed by atoms with Gasteiger partial charge in [-0.15, -0.1) is 10.2 Å². The molecule has 0 aliphatic carbocycles. The van der Waals surface area contributed by atoms with Crippen molar-refractivity contribution >= 4 is 21.6 Å². The monoisotopic (exact) mass is 332 g/mol. The predicted octanol–water partition coefficient (Wildman–Crippen LogP) is 3.45. The third-order valence-corrected chi connectivity index (χ3v) is 3.71. The fraction of sp³-hybridized carbons (Fsp3) is 0.143. The molecule has 0 saturated carbocycles. The highest BCUT2D eigenvalue weighted by atomic mass is 79.9. The highest BCUT2D eigenvalue weighted by molar-refractivity contribution is 9.10. The van der Waals surface area contributed by atoms with Crippen molar-refractivity contribution in [1.29, 1.82) is 0 Å². The lowest BCUT2D eigenvalue weighted by Crippen LogP contribution is -1.98. The highest BCUT2D eigenvalue weighted by Crippen LogP contribution is 2.21. The molecule has 0 saturated heterocycles. The second-order valence-electron chi connectivity index (χ2n) is 4.39. The van der Waals surface area contributed by atoms with Crippen molar-refractivity contribution in [3.63, 3.8) is 0 Å². The Bertz CT molecular complexity index is 702. The Morgan fingerprint density at radius 1 is 1.25 bits per heavy atom. The summed E-state index contributed by atoms with van der Waals surface area (Å²) in [5, 5.41) is 11.3. The first-order valence-electron chi connectivity index (χ1n) is 6.14. The Hall–Kier alpha value is -2.08. The number of halogens is 1. The first-order valence-corrected chi connectivity index (χ1v) is 6.93. The van der Waals surface area contributed by atoms with Gasteiger partial charge in [0.2, 0.25) is 0 Å². The van der Waals surface area contributed by atoms with E-state index in [0.717, 1.165) is 27.3 Å². The zero-order chi connectivity index (χ0) is 13.9. The van der Waals surface area contributed by atoms with E-state index in [2.05, 4.69) is 31.4 Å². The lowest BCUT2D eigenvalue weighted by atomic mass is 10.2. The van der Waals surface area contributed by atoms with E-state index < -0.39 is 0 Å². The van der Waals surface area contributed by atoms with Crippen LogP contribution in [0.5, 0.6) is 0 Å². The zero-order valence-electron chi connectivity index (χ0n) is 10.9. The van der Waals surface area contributed by atoms with Crippen LogP contribution < -0.4 is 5.32 Å². The van der Waals surface area contributed by atoms with Crippen LogP contribution in [0.15, 0.2) is 51.8 Å². The Kier molecular flexibility index (Phi) is 3.56. The molecule has 3 aromatic rings. The summed E-state index contributed by atoms with van der Waals surface area (Å²) < 4.78 is 8.22. The third kappa shape index (κ3) is 2.60. The molecule has 102 valence electrons. The maximum Gasteiger partial charge on any atom is 0.163 e. The summed E-state index contributed by atoms with van der Waals surface area (Å²) in [6.07, 6.45) is 3.36. The second kappa shape index (κ2) is 5.50. The molecule has 0 aliphatic heterocycles. The van der Waals surface area contributed by atoms with E-state index in [9.17, 15) is 0 Å². The fourth-order valence-corrected chi connectivity index (χ4v) is 2.26. The molecule has 0 amide bonds. The Morgan fingerprint density at radius 2 is 2.05 bits per heavy atom. The number of rotatable bonds is 4. The predicted molar refractivity (Wildman–Crippen MR) is 80.2 cm³/mol. The molecule has 2 aromatic heterocycles. The number of nitrogens with zero attached hydrogens (tertiary/aromatic N) is 3. The SMILES string of the molecule is Cn1cnnc1-c1ccc(NCc2occc2Br)cc1. The van der Waals surface area contributed by atoms with E-state index in [-0.39, 0.29) is 0 Å². The molecule has 2 heterocycles. The number of aromatic nitrogens is 3. The van der Waals surface area contributed by atoms with Gasteiger partial charge in [-0.25, -0.2) is 0 Å². The van der Waals surface area contributed by atoms with Gasteiger partial charge in [0.1, 0.15) is 12.1 Å². The van der Waals surface area contributed by atoms with E-state index in [1.165, 1.54) is 0 Å². The maximum atomic E-state index is 5.35. The zero-order valence-corrected chi connectivity index (χ0v) is 12.5. The Balaban J connectivity index is 1.71. The molecule has 0 fully saturated rings. The molecule has 1 aromatic carbocycles. The van der Waals surface area contributed by atoms with Gasteiger partial charge in [-0.2, -0.15) is 0 Å². The van der Waals surface area contributed by atoms with Crippen molar-refractivity contribution in [1.82, 2.24) is 14.8 Å². The van der Waals surface area contributed by atoms with Crippen LogP contribution in [0.4, 0.5) is 5.69 Å². The Labute approximate surface area is 124 Å². The summed E-state index contributed by atoms with van der Waals surface area (Å²) in [7, 11) is 1.93. The second-order valence-corrected chi connectivity index (χ2v) is 5.24. The molecule has 20 heavy (non-hydrogen) atoms. The average molecular weight is 333 g/mol. The summed E-state index contributed by atoms with van der Waals surface area (Å²) in [5.74, 6) is 1.73. The van der Waals surface area contributed by atoms with Crippen LogP contribution in [-0.2, 0) is 13.6 Å². The van der Waals surface area contributed by atoms with Gasteiger partial charge in [0.25, 0.3) is 0 Å². The summed E-state index contributed by atoms with van der Waals surface area (Å²) in [6, 6.07) is 9.95. The van der Waals surface area contributed by atoms with Crippen molar-refractivity contribution < 1.29 is 4.42 Å². The minimum absolute atomic E-state index is 0.636. The maximum absolute atomic E-state index is 5.35. The van der Waals surface area contributed by atoms with E-state index in [0.29, 0.717) is 6.54 Å². The molecule has 0 aliphatic rings. The van der Waals surface area contributed by atoms with Gasteiger partial charge in [-0.1, -0.05) is 0 Å². The molecular weight excluding hydrogens is 320 g/mol. The van der Waals surface area contributed by atoms with Crippen LogP contribution >= 0.6 is 15.9 Å². The molecule has 6 heteroatoms. The number of nitrogens with one attached hydrogen (secondary N) is 1. The van der Waals surface area contributed by atoms with Crippen LogP contribution in [0.25, 0.3) is 11.4 Å². The number of furan rings is 1. The summed E-state index contributed by atoms with van der Waals surface area (Å²) >= 11 is 3.43. The highest BCUT2D eigenvalue weighted by Gasteiger charge is 2.05. The van der Waals surface area contributed by atoms with Gasteiger partial charge in [0.15, 0.2) is 5.82 Å². The van der Waals surface area contributed by atoms with Gasteiger partial charge in [-0.3, -0.25) is 0 Å². The van der Waals surface area contributed by atoms with Crippen LogP contribution in [0.2, 0.25) is 0 Å². The molecule has 0 atom stereocenters. The van der Waals surface area contributed by atoms with Gasteiger partial charge in [0, 0.05) is 18.3 Å². The van der Waals surface area contributed by atoms with Gasteiger partial charge in [0.05, 0.1) is 17.3 Å². The van der Waals surface area contributed by atoms with Crippen molar-refractivity contribution in [2.75, 3.05) is 5.32 Å². The number of aryl methyl sites for hydroxylation is 1. The van der Waals surface area contributed by atoms with Crippen LogP contribution in [0.3, 0.4) is 0 Å². The summed E-state index contributed by atoms with van der Waals surface area (Å²) in [4.78, 5) is 0. The normalized spacial score (nSPS) is 10.7. The van der Waals surface area contributed by atoms with Crippen molar-refractivity contribution in [3.8, 4) is 11.4 Å². The molecular formula is C14H13BrN4O. The van der Waals surface area contributed by atoms with Gasteiger partial charge in [-0.05, 0) is 46.3 Å². The average Bonchev–Trinajstić information content (AvgIpc) is 3.06. The quantitative estimate of drug-likeness (QED) is 0.795. The number of benzene rings is 1. The van der Waals surface area contributed by atoms with Gasteiger partial charge >= 0.3 is 0 Å². The molecule has 3 rings (SSSR count). The topological polar surface area (TPSA) is 55.9 Å². The van der Waals surface area contributed by atoms with Crippen LogP contribution in [0.1, 0.15) is 5.76 Å². The Morgan fingerprint density at radius 3 is 2.65 bits per heavy atom. The van der Waals surface area contributed by atoms with Crippen LogP contribution in [0, 0.1) is 0 Å². The lowest BCUT2D eigenvalue weighted by Gasteiger charge is -2.06. The van der Waals surface area contributed by atoms with E-state index in [1.807, 2.05) is 41.9 Å². The molecule has 0 radical (unpaired) electrons. The lowest BCUT2D eigenvalue weighted by molar-refractivity contribution is 0.516. The van der Waals surface area contributed by atoms with E-state index in [1.54, 1.807) is 12.6 Å². The van der Waals surface area contributed by atoms with Gasteiger partial charge < -0.3 is 14.3 Å². The summed E-state index contributed by atoms with van der Waals surface area (Å²) in [6.45, 7) is 0.636. The summed E-state index contributed by atoms with van der Waals surface area (Å²) in [5.41, 5.74) is 2.06. The number of anilines is 1. The molecule has 5 nitrogen and oxygen atoms in total. The third-order valence-electron chi connectivity index (χ3n) is 3.00. The first-order chi connectivity index (χ1) is 9.74. The first kappa shape index (κ1) is 12.9. The largest absolute Gasteiger partial charge is 0.466 e. The molecule has 0 unspecified atom stereocenters. The minimum atomic E-state index is 0.636. The van der Waals surface area contributed by atoms with Crippen LogP contribution in [-0.4, -0.2) is 14.8 Å². The smallest absolute Gasteiger partial charge is 0.163 e. The van der Waals surface area contributed by atoms with E-state index >= 15 is 0 Å². The fourth-order valence-electron chi connectivity index (χ4n) is 1.92. The molecule has 1 N–H and O–H groups in total. The standard InChI is InChI=1S/C14H13BrN4O/c1-19-9-17-18-14(19)10-2-4-11(5-3-10)16-8-13-12(15)6-7-20-13/h2-7,9,16H,8H2,1H3. The van der Waals surface area contributed by atoms with E-state index in [4.69, 9.17) is 4.42 Å². The number of hydrogen-bond acceptors (Lipinski definition) is 4. The van der Waals surface area contributed by atoms with Crippen molar-refractivity contribution in [2.45, 2.75) is 6.54 Å². The van der Waals surface area contributed by atoms with Crippen molar-refractivity contribution in [3.05, 3.63) is 53.2 Å².